The van der Waals surface area contributed by atoms with Crippen LogP contribution in [-0.4, -0.2) is 41.4 Å². The van der Waals surface area contributed by atoms with Gasteiger partial charge in [0, 0.05) is 19.7 Å². The maximum absolute atomic E-state index is 8.98. The van der Waals surface area contributed by atoms with E-state index in [1.54, 1.807) is 0 Å². The van der Waals surface area contributed by atoms with Crippen molar-refractivity contribution in [3.8, 4) is 0 Å². The molecule has 1 aromatic carbocycles. The number of aliphatic hydroxyl groups excluding tert-OH is 2. The molecule has 0 aliphatic carbocycles. The van der Waals surface area contributed by atoms with Crippen molar-refractivity contribution in [3.63, 3.8) is 0 Å². The quantitative estimate of drug-likeness (QED) is 0.652. The molecule has 3 nitrogen and oxygen atoms in total. The van der Waals surface area contributed by atoms with E-state index < -0.39 is 0 Å². The average molecular weight is 223 g/mol. The Morgan fingerprint density at radius 3 is 2.25 bits per heavy atom. The maximum atomic E-state index is 8.98. The lowest BCUT2D eigenvalue weighted by Crippen LogP contribution is -2.27. The molecule has 0 saturated heterocycles. The summed E-state index contributed by atoms with van der Waals surface area (Å²) in [4.78, 5) is 2.21. The number of rotatable bonds is 8. The van der Waals surface area contributed by atoms with Gasteiger partial charge in [-0.1, -0.05) is 30.3 Å². The van der Waals surface area contributed by atoms with Crippen LogP contribution in [0.2, 0.25) is 0 Å². The summed E-state index contributed by atoms with van der Waals surface area (Å²) in [6.07, 6.45) is 1.81. The average Bonchev–Trinajstić information content (AvgIpc) is 2.31. The van der Waals surface area contributed by atoms with Crippen LogP contribution >= 0.6 is 0 Å². The first kappa shape index (κ1) is 13.2. The standard InChI is InChI=1S/C13H21NO2/c15-10-5-4-8-14(9-11-16)12-13-6-2-1-3-7-13/h1-3,6-7,15-16H,4-5,8-12H2. The monoisotopic (exact) mass is 223 g/mol. The molecule has 0 aliphatic rings. The zero-order valence-corrected chi connectivity index (χ0v) is 9.68. The van der Waals surface area contributed by atoms with Gasteiger partial charge in [0.1, 0.15) is 0 Å². The van der Waals surface area contributed by atoms with Crippen LogP contribution in [0.15, 0.2) is 30.3 Å². The highest BCUT2D eigenvalue weighted by molar-refractivity contribution is 5.14. The highest BCUT2D eigenvalue weighted by Crippen LogP contribution is 2.05. The molecule has 0 atom stereocenters. The molecule has 16 heavy (non-hydrogen) atoms. The molecule has 3 heteroatoms. The molecule has 0 heterocycles. The molecule has 0 aromatic heterocycles. The van der Waals surface area contributed by atoms with Crippen molar-refractivity contribution in [2.24, 2.45) is 0 Å². The predicted octanol–water partition coefficient (Wildman–Crippen LogP) is 1.25. The van der Waals surface area contributed by atoms with Crippen molar-refractivity contribution < 1.29 is 10.2 Å². The Balaban J connectivity index is 2.38. The van der Waals surface area contributed by atoms with Gasteiger partial charge in [0.05, 0.1) is 6.61 Å². The second kappa shape index (κ2) is 8.28. The number of benzene rings is 1. The first-order valence-corrected chi connectivity index (χ1v) is 5.85. The van der Waals surface area contributed by atoms with E-state index in [2.05, 4.69) is 17.0 Å². The highest BCUT2D eigenvalue weighted by Gasteiger charge is 2.04. The molecule has 0 saturated carbocycles. The molecule has 0 radical (unpaired) electrons. The van der Waals surface area contributed by atoms with Crippen LogP contribution in [0.25, 0.3) is 0 Å². The molecule has 0 amide bonds. The second-order valence-corrected chi connectivity index (χ2v) is 3.92. The van der Waals surface area contributed by atoms with Crippen LogP contribution in [0.3, 0.4) is 0 Å². The second-order valence-electron chi connectivity index (χ2n) is 3.92. The lowest BCUT2D eigenvalue weighted by atomic mass is 10.2. The van der Waals surface area contributed by atoms with Gasteiger partial charge >= 0.3 is 0 Å². The van der Waals surface area contributed by atoms with Crippen LogP contribution in [-0.2, 0) is 6.54 Å². The molecule has 2 N–H and O–H groups in total. The normalized spacial score (nSPS) is 10.9. The molecule has 0 bridgehead atoms. The number of hydrogen-bond donors (Lipinski definition) is 2. The van der Waals surface area contributed by atoms with E-state index in [9.17, 15) is 0 Å². The third-order valence-corrected chi connectivity index (χ3v) is 2.55. The summed E-state index contributed by atoms with van der Waals surface area (Å²) in [5.41, 5.74) is 1.26. The Bertz CT molecular complexity index is 264. The molecule has 0 fully saturated rings. The third kappa shape index (κ3) is 5.26. The molecular weight excluding hydrogens is 202 g/mol. The zero-order chi connectivity index (χ0) is 11.6. The number of unbranched alkanes of at least 4 members (excludes halogenated alkanes) is 1. The number of aliphatic hydroxyl groups is 2. The lowest BCUT2D eigenvalue weighted by molar-refractivity contribution is 0.182. The van der Waals surface area contributed by atoms with E-state index in [4.69, 9.17) is 10.2 Å². The van der Waals surface area contributed by atoms with E-state index in [0.717, 1.165) is 25.9 Å². The van der Waals surface area contributed by atoms with Crippen molar-refractivity contribution in [1.29, 1.82) is 0 Å². The van der Waals surface area contributed by atoms with Crippen LogP contribution in [0, 0.1) is 0 Å². The van der Waals surface area contributed by atoms with Crippen LogP contribution in [0.4, 0.5) is 0 Å². The Kier molecular flexibility index (Phi) is 6.81. The van der Waals surface area contributed by atoms with Crippen LogP contribution in [0.1, 0.15) is 18.4 Å². The van der Waals surface area contributed by atoms with Crippen molar-refractivity contribution in [3.05, 3.63) is 35.9 Å². The zero-order valence-electron chi connectivity index (χ0n) is 9.68. The summed E-state index contributed by atoms with van der Waals surface area (Å²) in [6.45, 7) is 2.92. The highest BCUT2D eigenvalue weighted by atomic mass is 16.3. The fourth-order valence-corrected chi connectivity index (χ4v) is 1.70. The SMILES string of the molecule is OCCCCN(CCO)Cc1ccccc1. The molecule has 1 aromatic rings. The van der Waals surface area contributed by atoms with E-state index in [0.29, 0.717) is 6.54 Å². The minimum absolute atomic E-state index is 0.186. The van der Waals surface area contributed by atoms with Crippen molar-refractivity contribution in [1.82, 2.24) is 4.90 Å². The summed E-state index contributed by atoms with van der Waals surface area (Å²) >= 11 is 0. The Morgan fingerprint density at radius 1 is 0.875 bits per heavy atom. The summed E-state index contributed by atoms with van der Waals surface area (Å²) < 4.78 is 0. The van der Waals surface area contributed by atoms with Gasteiger partial charge in [-0.05, 0) is 24.9 Å². The molecule has 1 rings (SSSR count). The number of nitrogens with zero attached hydrogens (tertiary/aromatic N) is 1. The number of hydrogen-bond acceptors (Lipinski definition) is 3. The molecule has 0 aliphatic heterocycles. The van der Waals surface area contributed by atoms with Gasteiger partial charge < -0.3 is 10.2 Å². The first-order chi connectivity index (χ1) is 7.86. The minimum Gasteiger partial charge on any atom is -0.396 e. The van der Waals surface area contributed by atoms with Crippen molar-refractivity contribution in [2.45, 2.75) is 19.4 Å². The Hall–Kier alpha value is -0.900. The molecule has 0 unspecified atom stereocenters. The van der Waals surface area contributed by atoms with E-state index in [1.165, 1.54) is 5.56 Å². The topological polar surface area (TPSA) is 43.7 Å². The fourth-order valence-electron chi connectivity index (χ4n) is 1.70. The largest absolute Gasteiger partial charge is 0.396 e. The van der Waals surface area contributed by atoms with Gasteiger partial charge in [-0.2, -0.15) is 0 Å². The van der Waals surface area contributed by atoms with Gasteiger partial charge in [-0.15, -0.1) is 0 Å². The van der Waals surface area contributed by atoms with E-state index in [-0.39, 0.29) is 13.2 Å². The molecule has 90 valence electrons. The first-order valence-electron chi connectivity index (χ1n) is 5.85. The summed E-state index contributed by atoms with van der Waals surface area (Å²) in [5, 5.41) is 17.7. The van der Waals surface area contributed by atoms with Crippen molar-refractivity contribution in [2.75, 3.05) is 26.3 Å². The molecule has 0 spiro atoms. The predicted molar refractivity (Wildman–Crippen MR) is 65.1 cm³/mol. The third-order valence-electron chi connectivity index (χ3n) is 2.55. The summed E-state index contributed by atoms with van der Waals surface area (Å²) in [7, 11) is 0. The van der Waals surface area contributed by atoms with Crippen LogP contribution < -0.4 is 0 Å². The van der Waals surface area contributed by atoms with E-state index in [1.807, 2.05) is 18.2 Å². The molecular formula is C13H21NO2. The summed E-state index contributed by atoms with van der Waals surface area (Å²) in [6, 6.07) is 10.2. The van der Waals surface area contributed by atoms with Crippen molar-refractivity contribution >= 4 is 0 Å². The lowest BCUT2D eigenvalue weighted by Gasteiger charge is -2.21. The minimum atomic E-state index is 0.186. The van der Waals surface area contributed by atoms with Gasteiger partial charge in [0.25, 0.3) is 0 Å². The maximum Gasteiger partial charge on any atom is 0.0558 e. The smallest absolute Gasteiger partial charge is 0.0558 e. The van der Waals surface area contributed by atoms with Gasteiger partial charge in [-0.25, -0.2) is 0 Å². The fraction of sp³-hybridized carbons (Fsp3) is 0.538. The van der Waals surface area contributed by atoms with Crippen LogP contribution in [0.5, 0.6) is 0 Å². The van der Waals surface area contributed by atoms with Gasteiger partial charge in [0.2, 0.25) is 0 Å². The van der Waals surface area contributed by atoms with Gasteiger partial charge in [0.15, 0.2) is 0 Å². The van der Waals surface area contributed by atoms with E-state index >= 15 is 0 Å². The summed E-state index contributed by atoms with van der Waals surface area (Å²) in [5.74, 6) is 0. The van der Waals surface area contributed by atoms with Gasteiger partial charge in [-0.3, -0.25) is 4.90 Å². The Labute approximate surface area is 97.3 Å². The Morgan fingerprint density at radius 2 is 1.62 bits per heavy atom.